The number of nitrogens with one attached hydrogen (secondary N) is 3. The average Bonchev–Trinajstić information content (AvgIpc) is 2.41. The molecule has 3 N–H and O–H groups in total. The van der Waals surface area contributed by atoms with E-state index >= 15 is 0 Å². The standard InChI is InChI=1S/C14H18FN3O/c1-10-6-8-11(9-7-10)17-18-14(19)16-13-5-3-2-4-12(13)15/h2-5,8,10,17H,6-7,9H2,1H3,(H2,16,18,19). The van der Waals surface area contributed by atoms with Crippen LogP contribution >= 0.6 is 0 Å². The van der Waals surface area contributed by atoms with E-state index in [1.54, 1.807) is 12.1 Å². The normalized spacial score (nSPS) is 18.4. The first-order chi connectivity index (χ1) is 9.15. The van der Waals surface area contributed by atoms with Crippen molar-refractivity contribution >= 4 is 11.7 Å². The monoisotopic (exact) mass is 263 g/mol. The molecule has 0 spiro atoms. The van der Waals surface area contributed by atoms with E-state index in [1.807, 2.05) is 0 Å². The quantitative estimate of drug-likeness (QED) is 0.734. The van der Waals surface area contributed by atoms with Crippen LogP contribution in [0.4, 0.5) is 14.9 Å². The van der Waals surface area contributed by atoms with Gasteiger partial charge in [0.15, 0.2) is 0 Å². The van der Waals surface area contributed by atoms with Crippen molar-refractivity contribution in [2.24, 2.45) is 5.92 Å². The summed E-state index contributed by atoms with van der Waals surface area (Å²) in [5.41, 5.74) is 6.53. The Labute approximate surface area is 112 Å². The van der Waals surface area contributed by atoms with Gasteiger partial charge in [-0.3, -0.25) is 5.43 Å². The molecule has 4 nitrogen and oxygen atoms in total. The van der Waals surface area contributed by atoms with Gasteiger partial charge in [-0.1, -0.05) is 25.1 Å². The van der Waals surface area contributed by atoms with E-state index < -0.39 is 11.8 Å². The Morgan fingerprint density at radius 3 is 2.84 bits per heavy atom. The summed E-state index contributed by atoms with van der Waals surface area (Å²) in [5, 5.41) is 2.44. The van der Waals surface area contributed by atoms with Gasteiger partial charge in [0, 0.05) is 5.70 Å². The van der Waals surface area contributed by atoms with Gasteiger partial charge in [-0.05, 0) is 37.3 Å². The number of allylic oxidation sites excluding steroid dienone is 2. The summed E-state index contributed by atoms with van der Waals surface area (Å²) < 4.78 is 13.3. The van der Waals surface area contributed by atoms with E-state index in [2.05, 4.69) is 29.2 Å². The highest BCUT2D eigenvalue weighted by Crippen LogP contribution is 2.20. The van der Waals surface area contributed by atoms with Crippen LogP contribution in [-0.2, 0) is 0 Å². The van der Waals surface area contributed by atoms with Gasteiger partial charge in [0.05, 0.1) is 5.69 Å². The molecule has 0 heterocycles. The number of amides is 2. The van der Waals surface area contributed by atoms with Crippen LogP contribution in [0.3, 0.4) is 0 Å². The van der Waals surface area contributed by atoms with Gasteiger partial charge in [-0.15, -0.1) is 0 Å². The number of hydrogen-bond donors (Lipinski definition) is 3. The third kappa shape index (κ3) is 3.98. The molecule has 2 amide bonds. The first-order valence-electron chi connectivity index (χ1n) is 6.41. The molecule has 0 saturated carbocycles. The van der Waals surface area contributed by atoms with Gasteiger partial charge in [0.25, 0.3) is 0 Å². The third-order valence-electron chi connectivity index (χ3n) is 3.13. The lowest BCUT2D eigenvalue weighted by Crippen LogP contribution is -2.40. The zero-order valence-corrected chi connectivity index (χ0v) is 10.9. The number of rotatable bonds is 3. The lowest BCUT2D eigenvalue weighted by atomic mass is 9.95. The largest absolute Gasteiger partial charge is 0.337 e. The Bertz CT molecular complexity index is 487. The van der Waals surface area contributed by atoms with E-state index in [0.29, 0.717) is 5.92 Å². The summed E-state index contributed by atoms with van der Waals surface area (Å²) in [6.45, 7) is 2.20. The van der Waals surface area contributed by atoms with Crippen molar-refractivity contribution < 1.29 is 9.18 Å². The summed E-state index contributed by atoms with van der Waals surface area (Å²) in [6.07, 6.45) is 5.12. The van der Waals surface area contributed by atoms with E-state index in [4.69, 9.17) is 0 Å². The Hall–Kier alpha value is -2.04. The average molecular weight is 263 g/mol. The van der Waals surface area contributed by atoms with E-state index in [1.165, 1.54) is 12.1 Å². The molecule has 1 aromatic carbocycles. The van der Waals surface area contributed by atoms with Gasteiger partial charge in [0.2, 0.25) is 0 Å². The SMILES string of the molecule is CC1CC=C(NNC(=O)Nc2ccccc2F)CC1. The van der Waals surface area contributed by atoms with Crippen LogP contribution in [0, 0.1) is 11.7 Å². The van der Waals surface area contributed by atoms with E-state index in [0.717, 1.165) is 25.0 Å². The third-order valence-corrected chi connectivity index (χ3v) is 3.13. The molecule has 1 unspecified atom stereocenters. The van der Waals surface area contributed by atoms with Crippen molar-refractivity contribution in [3.05, 3.63) is 41.9 Å². The molecular weight excluding hydrogens is 245 g/mol. The minimum Gasteiger partial charge on any atom is -0.304 e. The molecule has 1 aliphatic rings. The fourth-order valence-corrected chi connectivity index (χ4v) is 1.93. The second-order valence-electron chi connectivity index (χ2n) is 4.79. The second-order valence-corrected chi connectivity index (χ2v) is 4.79. The van der Waals surface area contributed by atoms with Crippen LogP contribution in [0.5, 0.6) is 0 Å². The van der Waals surface area contributed by atoms with Crippen molar-refractivity contribution in [2.75, 3.05) is 5.32 Å². The predicted molar refractivity (Wildman–Crippen MR) is 72.8 cm³/mol. The molecule has 2 rings (SSSR count). The Morgan fingerprint density at radius 2 is 2.16 bits per heavy atom. The highest BCUT2D eigenvalue weighted by Gasteiger charge is 2.11. The van der Waals surface area contributed by atoms with Gasteiger partial charge in [-0.25, -0.2) is 9.18 Å². The second kappa shape index (κ2) is 6.22. The Kier molecular flexibility index (Phi) is 4.39. The van der Waals surface area contributed by atoms with Crippen LogP contribution in [-0.4, -0.2) is 6.03 Å². The number of carbonyl (C=O) groups excluding carboxylic acids is 1. The predicted octanol–water partition coefficient (Wildman–Crippen LogP) is 3.16. The van der Waals surface area contributed by atoms with Crippen molar-refractivity contribution in [2.45, 2.75) is 26.2 Å². The first kappa shape index (κ1) is 13.4. The lowest BCUT2D eigenvalue weighted by molar-refractivity contribution is 0.249. The van der Waals surface area contributed by atoms with Gasteiger partial charge in [0.1, 0.15) is 5.82 Å². The maximum Gasteiger partial charge on any atom is 0.337 e. The molecule has 0 aliphatic heterocycles. The smallest absolute Gasteiger partial charge is 0.304 e. The molecule has 1 aromatic rings. The van der Waals surface area contributed by atoms with Gasteiger partial charge < -0.3 is 10.7 Å². The molecule has 0 radical (unpaired) electrons. The van der Waals surface area contributed by atoms with Crippen LogP contribution in [0.25, 0.3) is 0 Å². The van der Waals surface area contributed by atoms with Crippen LogP contribution in [0.1, 0.15) is 26.2 Å². The van der Waals surface area contributed by atoms with Gasteiger partial charge in [-0.2, -0.15) is 0 Å². The minimum atomic E-state index is -0.482. The topological polar surface area (TPSA) is 53.2 Å². The zero-order valence-electron chi connectivity index (χ0n) is 10.9. The van der Waals surface area contributed by atoms with Crippen LogP contribution in [0.2, 0.25) is 0 Å². The van der Waals surface area contributed by atoms with E-state index in [9.17, 15) is 9.18 Å². The molecule has 1 atom stereocenters. The molecule has 5 heteroatoms. The lowest BCUT2D eigenvalue weighted by Gasteiger charge is -2.19. The maximum absolute atomic E-state index is 13.3. The summed E-state index contributed by atoms with van der Waals surface area (Å²) in [7, 11) is 0. The number of para-hydroxylation sites is 1. The van der Waals surface area contributed by atoms with Crippen molar-refractivity contribution in [3.8, 4) is 0 Å². The molecule has 19 heavy (non-hydrogen) atoms. The van der Waals surface area contributed by atoms with E-state index in [-0.39, 0.29) is 5.69 Å². The number of halogens is 1. The summed E-state index contributed by atoms with van der Waals surface area (Å²) in [6, 6.07) is 5.57. The zero-order chi connectivity index (χ0) is 13.7. The maximum atomic E-state index is 13.3. The molecule has 0 saturated heterocycles. The molecular formula is C14H18FN3O. The number of urea groups is 1. The molecule has 0 bridgehead atoms. The number of anilines is 1. The number of hydrogen-bond acceptors (Lipinski definition) is 2. The highest BCUT2D eigenvalue weighted by atomic mass is 19.1. The summed E-state index contributed by atoms with van der Waals surface area (Å²) >= 11 is 0. The number of carbonyl (C=O) groups is 1. The number of hydrazine groups is 1. The first-order valence-corrected chi connectivity index (χ1v) is 6.41. The van der Waals surface area contributed by atoms with Crippen LogP contribution < -0.4 is 16.2 Å². The Balaban J connectivity index is 1.81. The van der Waals surface area contributed by atoms with Gasteiger partial charge >= 0.3 is 6.03 Å². The highest BCUT2D eigenvalue weighted by molar-refractivity contribution is 5.89. The molecule has 0 aromatic heterocycles. The van der Waals surface area contributed by atoms with Crippen molar-refractivity contribution in [3.63, 3.8) is 0 Å². The fourth-order valence-electron chi connectivity index (χ4n) is 1.93. The Morgan fingerprint density at radius 1 is 1.37 bits per heavy atom. The van der Waals surface area contributed by atoms with Crippen molar-refractivity contribution in [1.82, 2.24) is 10.9 Å². The molecule has 102 valence electrons. The molecule has 0 fully saturated rings. The van der Waals surface area contributed by atoms with Crippen LogP contribution in [0.15, 0.2) is 36.0 Å². The fraction of sp³-hybridized carbons (Fsp3) is 0.357. The van der Waals surface area contributed by atoms with Crippen molar-refractivity contribution in [1.29, 1.82) is 0 Å². The molecule has 1 aliphatic carbocycles. The minimum absolute atomic E-state index is 0.160. The number of benzene rings is 1. The summed E-state index contributed by atoms with van der Waals surface area (Å²) in [5.74, 6) is 0.237. The summed E-state index contributed by atoms with van der Waals surface area (Å²) in [4.78, 5) is 11.6.